The molecule has 0 spiro atoms. The highest BCUT2D eigenvalue weighted by molar-refractivity contribution is 5.77. The minimum atomic E-state index is -0.175. The Labute approximate surface area is 70.5 Å². The standard InChI is InChI=1S/C7H12N4O/c1-6(7(12)10-8)5-11-4-2-3-9-11/h2-4,6H,5,8H2,1H3,(H,10,12). The van der Waals surface area contributed by atoms with Gasteiger partial charge in [0, 0.05) is 12.4 Å². The van der Waals surface area contributed by atoms with Gasteiger partial charge >= 0.3 is 0 Å². The molecule has 1 amide bonds. The maximum atomic E-state index is 11.0. The number of hydrogen-bond acceptors (Lipinski definition) is 3. The van der Waals surface area contributed by atoms with Gasteiger partial charge in [0.25, 0.3) is 0 Å². The van der Waals surface area contributed by atoms with Gasteiger partial charge in [-0.15, -0.1) is 0 Å². The van der Waals surface area contributed by atoms with Crippen molar-refractivity contribution in [2.75, 3.05) is 0 Å². The molecule has 0 aliphatic rings. The van der Waals surface area contributed by atoms with Gasteiger partial charge in [-0.3, -0.25) is 14.9 Å². The molecule has 0 bridgehead atoms. The van der Waals surface area contributed by atoms with Crippen molar-refractivity contribution in [2.24, 2.45) is 11.8 Å². The van der Waals surface area contributed by atoms with Gasteiger partial charge in [-0.05, 0) is 6.07 Å². The van der Waals surface area contributed by atoms with E-state index < -0.39 is 0 Å². The average molecular weight is 168 g/mol. The van der Waals surface area contributed by atoms with E-state index in [0.29, 0.717) is 6.54 Å². The fourth-order valence-corrected chi connectivity index (χ4v) is 0.914. The lowest BCUT2D eigenvalue weighted by Gasteiger charge is -2.08. The van der Waals surface area contributed by atoms with Crippen LogP contribution >= 0.6 is 0 Å². The zero-order chi connectivity index (χ0) is 8.97. The molecule has 1 unspecified atom stereocenters. The first kappa shape index (κ1) is 8.73. The van der Waals surface area contributed by atoms with Crippen LogP contribution in [0, 0.1) is 5.92 Å². The lowest BCUT2D eigenvalue weighted by Crippen LogP contribution is -2.36. The van der Waals surface area contributed by atoms with Crippen LogP contribution in [0.1, 0.15) is 6.92 Å². The molecule has 0 saturated heterocycles. The van der Waals surface area contributed by atoms with Crippen molar-refractivity contribution >= 4 is 5.91 Å². The van der Waals surface area contributed by atoms with Crippen LogP contribution in [0.2, 0.25) is 0 Å². The predicted octanol–water partition coefficient (Wildman–Crippen LogP) is -0.491. The van der Waals surface area contributed by atoms with E-state index in [0.717, 1.165) is 0 Å². The van der Waals surface area contributed by atoms with Crippen LogP contribution in [0.4, 0.5) is 0 Å². The Hall–Kier alpha value is -1.36. The molecule has 0 aromatic carbocycles. The van der Waals surface area contributed by atoms with Crippen LogP contribution in [-0.2, 0) is 11.3 Å². The molecule has 1 atom stereocenters. The van der Waals surface area contributed by atoms with Crippen LogP contribution in [0.3, 0.4) is 0 Å². The van der Waals surface area contributed by atoms with E-state index in [1.807, 2.05) is 6.07 Å². The van der Waals surface area contributed by atoms with E-state index in [1.54, 1.807) is 24.0 Å². The molecule has 1 aromatic rings. The van der Waals surface area contributed by atoms with Crippen LogP contribution in [0.5, 0.6) is 0 Å². The minimum Gasteiger partial charge on any atom is -0.294 e. The summed E-state index contributed by atoms with van der Waals surface area (Å²) in [6.45, 7) is 2.35. The smallest absolute Gasteiger partial charge is 0.238 e. The van der Waals surface area contributed by atoms with Gasteiger partial charge in [0.15, 0.2) is 0 Å². The van der Waals surface area contributed by atoms with Crippen molar-refractivity contribution in [3.63, 3.8) is 0 Å². The van der Waals surface area contributed by atoms with Gasteiger partial charge < -0.3 is 0 Å². The van der Waals surface area contributed by atoms with Gasteiger partial charge in [0.2, 0.25) is 5.91 Å². The lowest BCUT2D eigenvalue weighted by atomic mass is 10.2. The van der Waals surface area contributed by atoms with Gasteiger partial charge in [0.05, 0.1) is 12.5 Å². The molecule has 1 rings (SSSR count). The Morgan fingerprint density at radius 2 is 2.58 bits per heavy atom. The van der Waals surface area contributed by atoms with E-state index in [1.165, 1.54) is 0 Å². The van der Waals surface area contributed by atoms with Crippen molar-refractivity contribution < 1.29 is 4.79 Å². The summed E-state index contributed by atoms with van der Waals surface area (Å²) in [5.74, 6) is 4.64. The summed E-state index contributed by atoms with van der Waals surface area (Å²) >= 11 is 0. The van der Waals surface area contributed by atoms with Gasteiger partial charge in [-0.1, -0.05) is 6.92 Å². The molecule has 0 radical (unpaired) electrons. The fraction of sp³-hybridized carbons (Fsp3) is 0.429. The zero-order valence-electron chi connectivity index (χ0n) is 6.90. The quantitative estimate of drug-likeness (QED) is 0.363. The Morgan fingerprint density at radius 1 is 1.83 bits per heavy atom. The van der Waals surface area contributed by atoms with Crippen LogP contribution in [-0.4, -0.2) is 15.7 Å². The molecule has 1 aromatic heterocycles. The van der Waals surface area contributed by atoms with Gasteiger partial charge in [0.1, 0.15) is 0 Å². The number of carbonyl (C=O) groups is 1. The first-order valence-corrected chi connectivity index (χ1v) is 3.72. The van der Waals surface area contributed by atoms with Crippen LogP contribution < -0.4 is 11.3 Å². The summed E-state index contributed by atoms with van der Waals surface area (Å²) in [7, 11) is 0. The summed E-state index contributed by atoms with van der Waals surface area (Å²) in [6, 6.07) is 1.81. The first-order chi connectivity index (χ1) is 5.74. The van der Waals surface area contributed by atoms with Gasteiger partial charge in [-0.25, -0.2) is 5.84 Å². The minimum absolute atomic E-state index is 0.158. The lowest BCUT2D eigenvalue weighted by molar-refractivity contribution is -0.125. The molecular weight excluding hydrogens is 156 g/mol. The number of hydrogen-bond donors (Lipinski definition) is 2. The molecule has 12 heavy (non-hydrogen) atoms. The van der Waals surface area contributed by atoms with Gasteiger partial charge in [-0.2, -0.15) is 5.10 Å². The summed E-state index contributed by atoms with van der Waals surface area (Å²) in [5.41, 5.74) is 2.10. The molecule has 66 valence electrons. The fourth-order valence-electron chi connectivity index (χ4n) is 0.914. The molecule has 0 aliphatic carbocycles. The molecular formula is C7H12N4O. The van der Waals surface area contributed by atoms with E-state index in [4.69, 9.17) is 5.84 Å². The number of nitrogens with zero attached hydrogens (tertiary/aromatic N) is 2. The third-order valence-electron chi connectivity index (χ3n) is 1.61. The third kappa shape index (κ3) is 2.06. The van der Waals surface area contributed by atoms with Crippen LogP contribution in [0.25, 0.3) is 0 Å². The van der Waals surface area contributed by atoms with Crippen LogP contribution in [0.15, 0.2) is 18.5 Å². The average Bonchev–Trinajstić information content (AvgIpc) is 2.55. The molecule has 1 heterocycles. The summed E-state index contributed by atoms with van der Waals surface area (Å²) in [6.07, 6.45) is 3.48. The summed E-state index contributed by atoms with van der Waals surface area (Å²) < 4.78 is 1.69. The number of rotatable bonds is 3. The number of carbonyl (C=O) groups excluding carboxylic acids is 1. The summed E-state index contributed by atoms with van der Waals surface area (Å²) in [5, 5.41) is 3.97. The molecule has 5 heteroatoms. The van der Waals surface area contributed by atoms with E-state index in [9.17, 15) is 4.79 Å². The third-order valence-corrected chi connectivity index (χ3v) is 1.61. The maximum Gasteiger partial charge on any atom is 0.238 e. The number of amides is 1. The van der Waals surface area contributed by atoms with E-state index >= 15 is 0 Å². The van der Waals surface area contributed by atoms with Crippen molar-refractivity contribution in [3.8, 4) is 0 Å². The Morgan fingerprint density at radius 3 is 3.08 bits per heavy atom. The Kier molecular flexibility index (Phi) is 2.82. The predicted molar refractivity (Wildman–Crippen MR) is 43.7 cm³/mol. The van der Waals surface area contributed by atoms with E-state index in [-0.39, 0.29) is 11.8 Å². The normalized spacial score (nSPS) is 12.5. The number of aromatic nitrogens is 2. The molecule has 3 N–H and O–H groups in total. The second kappa shape index (κ2) is 3.87. The second-order valence-corrected chi connectivity index (χ2v) is 2.64. The highest BCUT2D eigenvalue weighted by Gasteiger charge is 2.11. The summed E-state index contributed by atoms with van der Waals surface area (Å²) in [4.78, 5) is 11.0. The number of nitrogens with two attached hydrogens (primary N) is 1. The number of nitrogens with one attached hydrogen (secondary N) is 1. The largest absolute Gasteiger partial charge is 0.294 e. The highest BCUT2D eigenvalue weighted by Crippen LogP contribution is 1.98. The SMILES string of the molecule is CC(Cn1cccn1)C(=O)NN. The molecule has 0 fully saturated rings. The van der Waals surface area contributed by atoms with Crippen molar-refractivity contribution in [1.82, 2.24) is 15.2 Å². The molecule has 0 saturated carbocycles. The monoisotopic (exact) mass is 168 g/mol. The molecule has 0 aliphatic heterocycles. The Balaban J connectivity index is 2.47. The first-order valence-electron chi connectivity index (χ1n) is 3.72. The highest BCUT2D eigenvalue weighted by atomic mass is 16.2. The zero-order valence-corrected chi connectivity index (χ0v) is 6.90. The Bertz CT molecular complexity index is 244. The maximum absolute atomic E-state index is 11.0. The van der Waals surface area contributed by atoms with E-state index in [2.05, 4.69) is 10.5 Å². The second-order valence-electron chi connectivity index (χ2n) is 2.64. The van der Waals surface area contributed by atoms with Crippen molar-refractivity contribution in [2.45, 2.75) is 13.5 Å². The topological polar surface area (TPSA) is 72.9 Å². The van der Waals surface area contributed by atoms with Crippen molar-refractivity contribution in [3.05, 3.63) is 18.5 Å². The number of hydrazine groups is 1. The molecule has 5 nitrogen and oxygen atoms in total. The van der Waals surface area contributed by atoms with Crippen molar-refractivity contribution in [1.29, 1.82) is 0 Å².